The maximum absolute atomic E-state index is 12.8. The van der Waals surface area contributed by atoms with Crippen LogP contribution in [0.4, 0.5) is 5.82 Å². The van der Waals surface area contributed by atoms with Gasteiger partial charge in [-0.3, -0.25) is 9.78 Å². The second kappa shape index (κ2) is 7.33. The van der Waals surface area contributed by atoms with Crippen molar-refractivity contribution in [3.8, 4) is 0 Å². The summed E-state index contributed by atoms with van der Waals surface area (Å²) in [7, 11) is 0. The van der Waals surface area contributed by atoms with Gasteiger partial charge in [0, 0.05) is 23.7 Å². The molecule has 1 aliphatic rings. The van der Waals surface area contributed by atoms with Gasteiger partial charge >= 0.3 is 0 Å². The monoisotopic (exact) mass is 398 g/mol. The lowest BCUT2D eigenvalue weighted by Gasteiger charge is -2.09. The van der Waals surface area contributed by atoms with E-state index in [9.17, 15) is 4.79 Å². The van der Waals surface area contributed by atoms with Crippen LogP contribution in [0, 0.1) is 6.92 Å². The standard InChI is InChI=1S/C23H22N6O/c1-14-2-4-17-10-15(3-7-20(17)26-14)12-29-13-21(27-28-29)22(30)11-16-5-6-19-18(16)8-9-25-23(19)24/h2-4,7-10,13,16H,5-6,11-12H2,1H3,(H2,24,25). The molecule has 0 fully saturated rings. The van der Waals surface area contributed by atoms with E-state index >= 15 is 0 Å². The Balaban J connectivity index is 1.29. The number of anilines is 1. The molecule has 5 rings (SSSR count). The second-order valence-electron chi connectivity index (χ2n) is 7.91. The smallest absolute Gasteiger partial charge is 0.185 e. The highest BCUT2D eigenvalue weighted by Gasteiger charge is 2.27. The largest absolute Gasteiger partial charge is 0.383 e. The number of aryl methyl sites for hydroxylation is 1. The van der Waals surface area contributed by atoms with Crippen LogP contribution < -0.4 is 5.73 Å². The topological polar surface area (TPSA) is 99.6 Å². The highest BCUT2D eigenvalue weighted by Crippen LogP contribution is 2.37. The van der Waals surface area contributed by atoms with Gasteiger partial charge in [-0.1, -0.05) is 17.3 Å². The Morgan fingerprint density at radius 2 is 2.13 bits per heavy atom. The lowest BCUT2D eigenvalue weighted by atomic mass is 9.95. The molecule has 0 spiro atoms. The highest BCUT2D eigenvalue weighted by atomic mass is 16.1. The van der Waals surface area contributed by atoms with Crippen LogP contribution in [0.1, 0.15) is 51.6 Å². The fraction of sp³-hybridized carbons (Fsp3) is 0.261. The second-order valence-corrected chi connectivity index (χ2v) is 7.91. The molecular formula is C23H22N6O. The van der Waals surface area contributed by atoms with Crippen molar-refractivity contribution in [2.24, 2.45) is 0 Å². The lowest BCUT2D eigenvalue weighted by Crippen LogP contribution is -2.06. The number of ketones is 1. The number of rotatable bonds is 5. The molecule has 0 amide bonds. The minimum Gasteiger partial charge on any atom is -0.383 e. The lowest BCUT2D eigenvalue weighted by molar-refractivity contribution is 0.0968. The van der Waals surface area contributed by atoms with E-state index in [-0.39, 0.29) is 11.7 Å². The van der Waals surface area contributed by atoms with Crippen molar-refractivity contribution in [2.45, 2.75) is 38.6 Å². The number of hydrogen-bond donors (Lipinski definition) is 1. The first-order chi connectivity index (χ1) is 14.6. The summed E-state index contributed by atoms with van der Waals surface area (Å²) >= 11 is 0. The highest BCUT2D eigenvalue weighted by molar-refractivity contribution is 5.94. The fourth-order valence-electron chi connectivity index (χ4n) is 4.26. The molecule has 1 aliphatic carbocycles. The number of nitrogen functional groups attached to an aromatic ring is 1. The molecule has 1 aromatic carbocycles. The first-order valence-electron chi connectivity index (χ1n) is 10.1. The molecule has 0 saturated carbocycles. The summed E-state index contributed by atoms with van der Waals surface area (Å²) in [5.41, 5.74) is 11.7. The van der Waals surface area contributed by atoms with Gasteiger partial charge in [0.2, 0.25) is 0 Å². The van der Waals surface area contributed by atoms with Crippen LogP contribution >= 0.6 is 0 Å². The number of Topliss-reactive ketones (excluding diaryl/α,β-unsaturated/α-hetero) is 1. The summed E-state index contributed by atoms with van der Waals surface area (Å²) < 4.78 is 1.71. The van der Waals surface area contributed by atoms with Crippen molar-refractivity contribution in [1.29, 1.82) is 0 Å². The van der Waals surface area contributed by atoms with Crippen LogP contribution in [0.5, 0.6) is 0 Å². The van der Waals surface area contributed by atoms with Crippen molar-refractivity contribution in [2.75, 3.05) is 5.73 Å². The Morgan fingerprint density at radius 3 is 3.03 bits per heavy atom. The summed E-state index contributed by atoms with van der Waals surface area (Å²) in [6.45, 7) is 2.54. The first kappa shape index (κ1) is 18.4. The van der Waals surface area contributed by atoms with Crippen LogP contribution in [0.25, 0.3) is 10.9 Å². The number of carbonyl (C=O) groups is 1. The molecule has 1 atom stereocenters. The van der Waals surface area contributed by atoms with Crippen molar-refractivity contribution in [3.63, 3.8) is 0 Å². The van der Waals surface area contributed by atoms with E-state index in [2.05, 4.69) is 32.4 Å². The number of fused-ring (bicyclic) bond motifs is 2. The minimum atomic E-state index is 0.00710. The zero-order chi connectivity index (χ0) is 20.7. The third kappa shape index (κ3) is 3.43. The zero-order valence-electron chi connectivity index (χ0n) is 16.7. The average Bonchev–Trinajstić information content (AvgIpc) is 3.36. The molecule has 0 bridgehead atoms. The van der Waals surface area contributed by atoms with Crippen LogP contribution in [0.2, 0.25) is 0 Å². The predicted molar refractivity (Wildman–Crippen MR) is 114 cm³/mol. The Labute approximate surface area is 174 Å². The number of nitrogens with zero attached hydrogens (tertiary/aromatic N) is 5. The maximum Gasteiger partial charge on any atom is 0.185 e. The van der Waals surface area contributed by atoms with E-state index in [0.717, 1.165) is 46.1 Å². The number of carbonyl (C=O) groups excluding carboxylic acids is 1. The summed E-state index contributed by atoms with van der Waals surface area (Å²) in [6, 6.07) is 12.2. The molecule has 150 valence electrons. The molecule has 0 aliphatic heterocycles. The maximum atomic E-state index is 12.8. The number of hydrogen-bond acceptors (Lipinski definition) is 6. The summed E-state index contributed by atoms with van der Waals surface area (Å²) in [4.78, 5) is 21.5. The van der Waals surface area contributed by atoms with Crippen LogP contribution in [0.3, 0.4) is 0 Å². The van der Waals surface area contributed by atoms with Gasteiger partial charge < -0.3 is 5.73 Å². The van der Waals surface area contributed by atoms with Crippen molar-refractivity contribution in [1.82, 2.24) is 25.0 Å². The van der Waals surface area contributed by atoms with Crippen molar-refractivity contribution >= 4 is 22.5 Å². The molecular weight excluding hydrogens is 376 g/mol. The van der Waals surface area contributed by atoms with Gasteiger partial charge in [-0.2, -0.15) is 0 Å². The van der Waals surface area contributed by atoms with E-state index in [4.69, 9.17) is 5.73 Å². The molecule has 0 saturated heterocycles. The van der Waals surface area contributed by atoms with Crippen LogP contribution in [-0.4, -0.2) is 30.7 Å². The SMILES string of the molecule is Cc1ccc2cc(Cn3cc(C(=O)CC4CCc5c4ccnc5N)nn3)ccc2n1. The predicted octanol–water partition coefficient (Wildman–Crippen LogP) is 3.46. The Hall–Kier alpha value is -3.61. The third-order valence-electron chi connectivity index (χ3n) is 5.80. The number of pyridine rings is 2. The quantitative estimate of drug-likeness (QED) is 0.517. The van der Waals surface area contributed by atoms with Crippen molar-refractivity contribution in [3.05, 3.63) is 76.9 Å². The van der Waals surface area contributed by atoms with E-state index in [1.54, 1.807) is 17.1 Å². The van der Waals surface area contributed by atoms with Gasteiger partial charge in [0.1, 0.15) is 11.5 Å². The third-order valence-corrected chi connectivity index (χ3v) is 5.80. The summed E-state index contributed by atoms with van der Waals surface area (Å²) in [5, 5.41) is 9.36. The van der Waals surface area contributed by atoms with Crippen LogP contribution in [0.15, 0.2) is 48.8 Å². The van der Waals surface area contributed by atoms with Gasteiger partial charge in [-0.25, -0.2) is 9.67 Å². The van der Waals surface area contributed by atoms with Gasteiger partial charge in [-0.15, -0.1) is 5.10 Å². The zero-order valence-corrected chi connectivity index (χ0v) is 16.7. The van der Waals surface area contributed by atoms with E-state index < -0.39 is 0 Å². The average molecular weight is 398 g/mol. The molecule has 3 heterocycles. The van der Waals surface area contributed by atoms with Crippen LogP contribution in [-0.2, 0) is 13.0 Å². The molecule has 0 radical (unpaired) electrons. The normalized spacial score (nSPS) is 15.4. The van der Waals surface area contributed by atoms with E-state index in [1.807, 2.05) is 31.2 Å². The molecule has 7 nitrogen and oxygen atoms in total. The Bertz CT molecular complexity index is 1260. The summed E-state index contributed by atoms with van der Waals surface area (Å²) in [5.74, 6) is 0.751. The molecule has 1 unspecified atom stereocenters. The first-order valence-corrected chi connectivity index (χ1v) is 10.1. The Kier molecular flexibility index (Phi) is 4.50. The van der Waals surface area contributed by atoms with E-state index in [0.29, 0.717) is 24.5 Å². The molecule has 30 heavy (non-hydrogen) atoms. The van der Waals surface area contributed by atoms with Gasteiger partial charge in [-0.05, 0) is 66.6 Å². The van der Waals surface area contributed by atoms with Gasteiger partial charge in [0.15, 0.2) is 5.78 Å². The number of nitrogens with two attached hydrogens (primary N) is 1. The van der Waals surface area contributed by atoms with E-state index in [1.165, 1.54) is 0 Å². The van der Waals surface area contributed by atoms with Crippen molar-refractivity contribution < 1.29 is 4.79 Å². The Morgan fingerprint density at radius 1 is 1.23 bits per heavy atom. The molecule has 7 heteroatoms. The van der Waals surface area contributed by atoms with Gasteiger partial charge in [0.25, 0.3) is 0 Å². The minimum absolute atomic E-state index is 0.00710. The summed E-state index contributed by atoms with van der Waals surface area (Å²) in [6.07, 6.45) is 5.65. The van der Waals surface area contributed by atoms with Gasteiger partial charge in [0.05, 0.1) is 18.3 Å². The number of aromatic nitrogens is 5. The molecule has 4 aromatic rings. The molecule has 2 N–H and O–H groups in total. The fourth-order valence-corrected chi connectivity index (χ4v) is 4.26. The number of benzene rings is 1. The molecule has 3 aromatic heterocycles.